The molecule has 2 unspecified atom stereocenters. The lowest BCUT2D eigenvalue weighted by Gasteiger charge is -2.20. The first kappa shape index (κ1) is 12.0. The van der Waals surface area contributed by atoms with E-state index >= 15 is 0 Å². The maximum absolute atomic E-state index is 2.65. The van der Waals surface area contributed by atoms with Crippen LogP contribution in [0.15, 0.2) is 0 Å². The topological polar surface area (TPSA) is 3.24 Å². The Kier molecular flexibility index (Phi) is 4.43. The Labute approximate surface area is 89.9 Å². The van der Waals surface area contributed by atoms with Gasteiger partial charge in [-0.1, -0.05) is 27.2 Å². The second-order valence-electron chi connectivity index (χ2n) is 5.61. The van der Waals surface area contributed by atoms with Gasteiger partial charge in [0.1, 0.15) is 0 Å². The minimum absolute atomic E-state index is 0.737. The lowest BCUT2D eigenvalue weighted by molar-refractivity contribution is 0.257. The third-order valence-electron chi connectivity index (χ3n) is 3.63. The lowest BCUT2D eigenvalue weighted by atomic mass is 9.87. The largest absolute Gasteiger partial charge is 0.300 e. The van der Waals surface area contributed by atoms with Gasteiger partial charge in [-0.05, 0) is 38.0 Å². The van der Waals surface area contributed by atoms with Crippen LogP contribution in [0.2, 0.25) is 0 Å². The van der Waals surface area contributed by atoms with Crippen LogP contribution in [0.3, 0.4) is 0 Å². The molecule has 84 valence electrons. The second-order valence-corrected chi connectivity index (χ2v) is 5.61. The highest BCUT2D eigenvalue weighted by Crippen LogP contribution is 2.31. The molecule has 0 aromatic rings. The molecule has 0 radical (unpaired) electrons. The molecule has 0 bridgehead atoms. The van der Waals surface area contributed by atoms with Gasteiger partial charge in [0.25, 0.3) is 0 Å². The molecule has 1 fully saturated rings. The maximum Gasteiger partial charge on any atom is 0.00388 e. The van der Waals surface area contributed by atoms with Crippen molar-refractivity contribution < 1.29 is 0 Å². The molecule has 1 heterocycles. The minimum Gasteiger partial charge on any atom is -0.300 e. The van der Waals surface area contributed by atoms with Crippen molar-refractivity contribution in [3.63, 3.8) is 0 Å². The molecule has 0 saturated carbocycles. The molecule has 0 aromatic carbocycles. The van der Waals surface area contributed by atoms with Gasteiger partial charge in [-0.3, -0.25) is 0 Å². The van der Waals surface area contributed by atoms with E-state index in [4.69, 9.17) is 0 Å². The van der Waals surface area contributed by atoms with Crippen LogP contribution in [0.1, 0.15) is 47.5 Å². The van der Waals surface area contributed by atoms with Crippen LogP contribution in [-0.2, 0) is 0 Å². The standard InChI is InChI=1S/C13H27N/c1-6-12-8-14(11(4)5)9-13(12)7-10(2)3/h10-13H,6-9H2,1-5H3. The van der Waals surface area contributed by atoms with Gasteiger partial charge in [0.2, 0.25) is 0 Å². The van der Waals surface area contributed by atoms with Gasteiger partial charge in [-0.2, -0.15) is 0 Å². The van der Waals surface area contributed by atoms with Crippen LogP contribution in [0.25, 0.3) is 0 Å². The molecular formula is C13H27N. The highest BCUT2D eigenvalue weighted by atomic mass is 15.2. The predicted molar refractivity (Wildman–Crippen MR) is 63.4 cm³/mol. The van der Waals surface area contributed by atoms with Crippen LogP contribution in [0, 0.1) is 17.8 Å². The summed E-state index contributed by atoms with van der Waals surface area (Å²) < 4.78 is 0. The highest BCUT2D eigenvalue weighted by Gasteiger charge is 2.32. The molecule has 0 spiro atoms. The van der Waals surface area contributed by atoms with E-state index in [9.17, 15) is 0 Å². The van der Waals surface area contributed by atoms with E-state index in [1.807, 2.05) is 0 Å². The van der Waals surface area contributed by atoms with Gasteiger partial charge in [0.15, 0.2) is 0 Å². The summed E-state index contributed by atoms with van der Waals surface area (Å²) in [7, 11) is 0. The van der Waals surface area contributed by atoms with Crippen molar-refractivity contribution in [2.75, 3.05) is 13.1 Å². The maximum atomic E-state index is 2.65. The van der Waals surface area contributed by atoms with E-state index in [1.165, 1.54) is 25.9 Å². The van der Waals surface area contributed by atoms with E-state index in [-0.39, 0.29) is 0 Å². The Bertz CT molecular complexity index is 163. The van der Waals surface area contributed by atoms with Crippen LogP contribution < -0.4 is 0 Å². The molecule has 14 heavy (non-hydrogen) atoms. The molecule has 1 aliphatic heterocycles. The van der Waals surface area contributed by atoms with Crippen molar-refractivity contribution in [3.8, 4) is 0 Å². The fourth-order valence-corrected chi connectivity index (χ4v) is 2.73. The summed E-state index contributed by atoms with van der Waals surface area (Å²) in [5.41, 5.74) is 0. The molecule has 0 aliphatic carbocycles. The van der Waals surface area contributed by atoms with Crippen LogP contribution in [-0.4, -0.2) is 24.0 Å². The molecule has 0 aromatic heterocycles. The third-order valence-corrected chi connectivity index (χ3v) is 3.63. The van der Waals surface area contributed by atoms with Crippen molar-refractivity contribution in [1.82, 2.24) is 4.90 Å². The zero-order valence-corrected chi connectivity index (χ0v) is 10.6. The minimum atomic E-state index is 0.737. The average molecular weight is 197 g/mol. The molecule has 1 nitrogen and oxygen atoms in total. The van der Waals surface area contributed by atoms with Gasteiger partial charge in [0.05, 0.1) is 0 Å². The summed E-state index contributed by atoms with van der Waals surface area (Å²) >= 11 is 0. The Balaban J connectivity index is 2.49. The monoisotopic (exact) mass is 197 g/mol. The van der Waals surface area contributed by atoms with Gasteiger partial charge >= 0.3 is 0 Å². The van der Waals surface area contributed by atoms with Crippen molar-refractivity contribution in [3.05, 3.63) is 0 Å². The van der Waals surface area contributed by atoms with Crippen molar-refractivity contribution in [2.45, 2.75) is 53.5 Å². The summed E-state index contributed by atoms with van der Waals surface area (Å²) in [5.74, 6) is 2.78. The summed E-state index contributed by atoms with van der Waals surface area (Å²) in [6, 6.07) is 0.737. The van der Waals surface area contributed by atoms with Gasteiger partial charge in [-0.25, -0.2) is 0 Å². The second kappa shape index (κ2) is 5.16. The van der Waals surface area contributed by atoms with Crippen LogP contribution >= 0.6 is 0 Å². The highest BCUT2D eigenvalue weighted by molar-refractivity contribution is 4.85. The molecule has 0 N–H and O–H groups in total. The van der Waals surface area contributed by atoms with Crippen LogP contribution in [0.4, 0.5) is 0 Å². The summed E-state index contributed by atoms with van der Waals surface area (Å²) in [6.07, 6.45) is 2.78. The number of nitrogens with zero attached hydrogens (tertiary/aromatic N) is 1. The van der Waals surface area contributed by atoms with E-state index in [0.717, 1.165) is 23.8 Å². The molecule has 0 amide bonds. The predicted octanol–water partition coefficient (Wildman–Crippen LogP) is 3.40. The molecule has 1 saturated heterocycles. The first-order valence-corrected chi connectivity index (χ1v) is 6.28. The van der Waals surface area contributed by atoms with E-state index in [2.05, 4.69) is 39.5 Å². The molecule has 1 heteroatoms. The SMILES string of the molecule is CCC1CN(C(C)C)CC1CC(C)C. The Morgan fingerprint density at radius 3 is 2.07 bits per heavy atom. The number of likely N-dealkylation sites (tertiary alicyclic amines) is 1. The zero-order chi connectivity index (χ0) is 10.7. The number of rotatable bonds is 4. The Morgan fingerprint density at radius 2 is 1.64 bits per heavy atom. The number of hydrogen-bond donors (Lipinski definition) is 0. The smallest absolute Gasteiger partial charge is 0.00388 e. The molecule has 2 atom stereocenters. The molecule has 1 aliphatic rings. The Morgan fingerprint density at radius 1 is 1.07 bits per heavy atom. The van der Waals surface area contributed by atoms with Crippen LogP contribution in [0.5, 0.6) is 0 Å². The quantitative estimate of drug-likeness (QED) is 0.667. The third kappa shape index (κ3) is 2.98. The fraction of sp³-hybridized carbons (Fsp3) is 1.00. The summed E-state index contributed by atoms with van der Waals surface area (Å²) in [5, 5.41) is 0. The lowest BCUT2D eigenvalue weighted by Crippen LogP contribution is -2.28. The average Bonchev–Trinajstić information content (AvgIpc) is 2.46. The normalized spacial score (nSPS) is 29.4. The first-order valence-electron chi connectivity index (χ1n) is 6.28. The van der Waals surface area contributed by atoms with Crippen molar-refractivity contribution >= 4 is 0 Å². The van der Waals surface area contributed by atoms with E-state index < -0.39 is 0 Å². The summed E-state index contributed by atoms with van der Waals surface area (Å²) in [6.45, 7) is 14.4. The number of hydrogen-bond acceptors (Lipinski definition) is 1. The van der Waals surface area contributed by atoms with Crippen molar-refractivity contribution in [1.29, 1.82) is 0 Å². The van der Waals surface area contributed by atoms with Gasteiger partial charge < -0.3 is 4.90 Å². The fourth-order valence-electron chi connectivity index (χ4n) is 2.73. The van der Waals surface area contributed by atoms with E-state index in [1.54, 1.807) is 0 Å². The van der Waals surface area contributed by atoms with Gasteiger partial charge in [0, 0.05) is 19.1 Å². The first-order chi connectivity index (χ1) is 6.54. The Hall–Kier alpha value is -0.0400. The van der Waals surface area contributed by atoms with Crippen molar-refractivity contribution in [2.24, 2.45) is 17.8 Å². The summed E-state index contributed by atoms with van der Waals surface area (Å²) in [4.78, 5) is 2.65. The van der Waals surface area contributed by atoms with E-state index in [0.29, 0.717) is 0 Å². The molecular weight excluding hydrogens is 170 g/mol. The van der Waals surface area contributed by atoms with Gasteiger partial charge in [-0.15, -0.1) is 0 Å². The molecule has 1 rings (SSSR count). The zero-order valence-electron chi connectivity index (χ0n) is 10.6.